The number of halogens is 3. The Balaban J connectivity index is 2.25. The number of fused-ring (bicyclic) bond motifs is 1. The standard InChI is InChI=1S/C12H11BrClFN2/c13-8-4-10-11(5-9(8)15)17(7-2-1-3-7)12(6-14)16-10/h4-5,7H,1-3,6H2. The van der Waals surface area contributed by atoms with Gasteiger partial charge >= 0.3 is 0 Å². The molecule has 5 heteroatoms. The highest BCUT2D eigenvalue weighted by Gasteiger charge is 2.24. The highest BCUT2D eigenvalue weighted by atomic mass is 79.9. The first kappa shape index (κ1) is 11.5. The zero-order valence-electron chi connectivity index (χ0n) is 9.09. The van der Waals surface area contributed by atoms with E-state index in [2.05, 4.69) is 25.5 Å². The molecule has 0 N–H and O–H groups in total. The molecule has 1 aromatic heterocycles. The van der Waals surface area contributed by atoms with Crippen molar-refractivity contribution in [2.24, 2.45) is 0 Å². The summed E-state index contributed by atoms with van der Waals surface area (Å²) >= 11 is 9.10. The Bertz CT molecular complexity index is 577. The van der Waals surface area contributed by atoms with Gasteiger partial charge in [-0.15, -0.1) is 11.6 Å². The minimum absolute atomic E-state index is 0.251. The van der Waals surface area contributed by atoms with E-state index in [9.17, 15) is 4.39 Å². The Kier molecular flexibility index (Phi) is 2.87. The van der Waals surface area contributed by atoms with Gasteiger partial charge in [0.2, 0.25) is 0 Å². The van der Waals surface area contributed by atoms with Gasteiger partial charge in [-0.1, -0.05) is 0 Å². The average molecular weight is 318 g/mol. The van der Waals surface area contributed by atoms with Gasteiger partial charge in [-0.2, -0.15) is 0 Å². The smallest absolute Gasteiger partial charge is 0.139 e. The summed E-state index contributed by atoms with van der Waals surface area (Å²) in [7, 11) is 0. The van der Waals surface area contributed by atoms with Gasteiger partial charge in [0, 0.05) is 12.1 Å². The Labute approximate surface area is 112 Å². The number of benzene rings is 1. The fourth-order valence-corrected chi connectivity index (χ4v) is 2.81. The van der Waals surface area contributed by atoms with Gasteiger partial charge in [-0.3, -0.25) is 0 Å². The zero-order chi connectivity index (χ0) is 12.0. The van der Waals surface area contributed by atoms with Gasteiger partial charge in [0.1, 0.15) is 11.6 Å². The largest absolute Gasteiger partial charge is 0.324 e. The molecule has 0 spiro atoms. The van der Waals surface area contributed by atoms with Crippen LogP contribution in [0.5, 0.6) is 0 Å². The molecule has 17 heavy (non-hydrogen) atoms. The molecule has 0 aliphatic heterocycles. The molecule has 1 aliphatic rings. The van der Waals surface area contributed by atoms with Crippen molar-refractivity contribution in [1.82, 2.24) is 9.55 Å². The summed E-state index contributed by atoms with van der Waals surface area (Å²) in [4.78, 5) is 4.47. The second-order valence-electron chi connectivity index (χ2n) is 4.37. The zero-order valence-corrected chi connectivity index (χ0v) is 11.4. The Morgan fingerprint density at radius 1 is 1.47 bits per heavy atom. The van der Waals surface area contributed by atoms with E-state index in [1.807, 2.05) is 0 Å². The predicted octanol–water partition coefficient (Wildman–Crippen LogP) is 4.40. The van der Waals surface area contributed by atoms with Gasteiger partial charge in [0.15, 0.2) is 0 Å². The lowest BCUT2D eigenvalue weighted by Crippen LogP contribution is -2.18. The minimum Gasteiger partial charge on any atom is -0.324 e. The van der Waals surface area contributed by atoms with Crippen molar-refractivity contribution in [3.8, 4) is 0 Å². The van der Waals surface area contributed by atoms with E-state index in [4.69, 9.17) is 11.6 Å². The lowest BCUT2D eigenvalue weighted by Gasteiger charge is -2.28. The molecule has 1 aliphatic carbocycles. The van der Waals surface area contributed by atoms with Crippen molar-refractivity contribution >= 4 is 38.6 Å². The molecule has 1 aromatic carbocycles. The highest BCUT2D eigenvalue weighted by Crippen LogP contribution is 2.36. The van der Waals surface area contributed by atoms with Gasteiger partial charge in [0.25, 0.3) is 0 Å². The molecule has 1 fully saturated rings. The maximum Gasteiger partial charge on any atom is 0.139 e. The van der Waals surface area contributed by atoms with E-state index in [1.54, 1.807) is 12.1 Å². The molecule has 2 aromatic rings. The first-order valence-corrected chi connectivity index (χ1v) is 6.95. The van der Waals surface area contributed by atoms with Gasteiger partial charge in [0.05, 0.1) is 21.4 Å². The fourth-order valence-electron chi connectivity index (χ4n) is 2.29. The van der Waals surface area contributed by atoms with Crippen molar-refractivity contribution in [1.29, 1.82) is 0 Å². The maximum atomic E-state index is 13.6. The van der Waals surface area contributed by atoms with E-state index in [0.29, 0.717) is 16.4 Å². The number of aromatic nitrogens is 2. The van der Waals surface area contributed by atoms with Gasteiger partial charge in [-0.05, 0) is 41.3 Å². The summed E-state index contributed by atoms with van der Waals surface area (Å²) < 4.78 is 16.2. The summed E-state index contributed by atoms with van der Waals surface area (Å²) in [6, 6.07) is 3.70. The van der Waals surface area contributed by atoms with Crippen LogP contribution in [-0.4, -0.2) is 9.55 Å². The van der Waals surface area contributed by atoms with Gasteiger partial charge in [-0.25, -0.2) is 9.37 Å². The van der Waals surface area contributed by atoms with E-state index in [0.717, 1.165) is 29.7 Å². The fraction of sp³-hybridized carbons (Fsp3) is 0.417. The molecule has 0 amide bonds. The van der Waals surface area contributed by atoms with Crippen LogP contribution in [0.25, 0.3) is 11.0 Å². The maximum absolute atomic E-state index is 13.6. The summed E-state index contributed by atoms with van der Waals surface area (Å²) in [5, 5.41) is 0. The predicted molar refractivity (Wildman–Crippen MR) is 69.8 cm³/mol. The summed E-state index contributed by atoms with van der Waals surface area (Å²) in [5.74, 6) is 0.952. The van der Waals surface area contributed by atoms with E-state index in [-0.39, 0.29) is 5.82 Å². The molecular formula is C12H11BrClFN2. The number of nitrogens with zero attached hydrogens (tertiary/aromatic N) is 2. The molecule has 0 atom stereocenters. The van der Waals surface area contributed by atoms with Crippen molar-refractivity contribution in [2.75, 3.05) is 0 Å². The second-order valence-corrected chi connectivity index (χ2v) is 5.49. The van der Waals surface area contributed by atoms with Crippen molar-refractivity contribution in [3.63, 3.8) is 0 Å². The molecule has 1 saturated carbocycles. The number of alkyl halides is 1. The molecule has 90 valence electrons. The lowest BCUT2D eigenvalue weighted by atomic mass is 9.92. The van der Waals surface area contributed by atoms with Crippen molar-refractivity contribution in [3.05, 3.63) is 28.2 Å². The Morgan fingerprint density at radius 3 is 2.82 bits per heavy atom. The molecule has 3 rings (SSSR count). The number of hydrogen-bond donors (Lipinski definition) is 0. The van der Waals surface area contributed by atoms with Crippen LogP contribution in [0.1, 0.15) is 31.1 Å². The van der Waals surface area contributed by atoms with Crippen LogP contribution < -0.4 is 0 Å². The molecule has 0 bridgehead atoms. The quantitative estimate of drug-likeness (QED) is 0.751. The monoisotopic (exact) mass is 316 g/mol. The minimum atomic E-state index is -0.251. The third kappa shape index (κ3) is 1.78. The number of rotatable bonds is 2. The number of hydrogen-bond acceptors (Lipinski definition) is 1. The third-order valence-corrected chi connectivity index (χ3v) is 4.21. The van der Waals surface area contributed by atoms with E-state index < -0.39 is 0 Å². The summed E-state index contributed by atoms with van der Waals surface area (Å²) in [6.45, 7) is 0. The van der Waals surface area contributed by atoms with Crippen LogP contribution in [-0.2, 0) is 5.88 Å². The summed E-state index contributed by atoms with van der Waals surface area (Å²) in [6.07, 6.45) is 3.49. The molecule has 0 unspecified atom stereocenters. The normalized spacial score (nSPS) is 16.4. The van der Waals surface area contributed by atoms with Crippen LogP contribution in [0.15, 0.2) is 16.6 Å². The lowest BCUT2D eigenvalue weighted by molar-refractivity contribution is 0.315. The first-order chi connectivity index (χ1) is 8.20. The van der Waals surface area contributed by atoms with Crippen molar-refractivity contribution in [2.45, 2.75) is 31.2 Å². The highest BCUT2D eigenvalue weighted by molar-refractivity contribution is 9.10. The Morgan fingerprint density at radius 2 is 2.24 bits per heavy atom. The van der Waals surface area contributed by atoms with Crippen LogP contribution in [0.2, 0.25) is 0 Å². The van der Waals surface area contributed by atoms with Crippen LogP contribution in [0.3, 0.4) is 0 Å². The average Bonchev–Trinajstić information content (AvgIpc) is 2.56. The molecule has 2 nitrogen and oxygen atoms in total. The number of imidazole rings is 1. The first-order valence-electron chi connectivity index (χ1n) is 5.62. The molecular weight excluding hydrogens is 307 g/mol. The molecule has 1 heterocycles. The SMILES string of the molecule is Fc1cc2c(cc1Br)nc(CCl)n2C1CCC1. The van der Waals surface area contributed by atoms with Crippen molar-refractivity contribution < 1.29 is 4.39 Å². The van der Waals surface area contributed by atoms with Crippen LogP contribution >= 0.6 is 27.5 Å². The van der Waals surface area contributed by atoms with Crippen LogP contribution in [0, 0.1) is 5.82 Å². The second kappa shape index (κ2) is 4.25. The van der Waals surface area contributed by atoms with E-state index >= 15 is 0 Å². The third-order valence-electron chi connectivity index (χ3n) is 3.36. The Hall–Kier alpha value is -0.610. The molecule has 0 radical (unpaired) electrons. The summed E-state index contributed by atoms with van der Waals surface area (Å²) in [5.41, 5.74) is 1.66. The van der Waals surface area contributed by atoms with E-state index in [1.165, 1.54) is 6.42 Å². The van der Waals surface area contributed by atoms with Crippen LogP contribution in [0.4, 0.5) is 4.39 Å². The topological polar surface area (TPSA) is 17.8 Å². The molecule has 0 saturated heterocycles. The van der Waals surface area contributed by atoms with Gasteiger partial charge < -0.3 is 4.57 Å².